The van der Waals surface area contributed by atoms with Crippen molar-refractivity contribution in [1.82, 2.24) is 20.0 Å². The Morgan fingerprint density at radius 1 is 1.31 bits per heavy atom. The second-order valence-corrected chi connectivity index (χ2v) is 7.29. The lowest BCUT2D eigenvalue weighted by molar-refractivity contribution is -0.142. The van der Waals surface area contributed by atoms with Crippen LogP contribution in [0, 0.1) is 5.92 Å². The zero-order chi connectivity index (χ0) is 18.3. The third kappa shape index (κ3) is 2.91. The van der Waals surface area contributed by atoms with Crippen molar-refractivity contribution in [1.29, 1.82) is 0 Å². The van der Waals surface area contributed by atoms with Crippen LogP contribution in [0.5, 0.6) is 0 Å². The Morgan fingerprint density at radius 2 is 2.15 bits per heavy atom. The van der Waals surface area contributed by atoms with Gasteiger partial charge in [0.15, 0.2) is 0 Å². The van der Waals surface area contributed by atoms with Crippen LogP contribution < -0.4 is 5.32 Å². The number of nitrogens with one attached hydrogen (secondary N) is 1. The normalized spacial score (nSPS) is 25.8. The summed E-state index contributed by atoms with van der Waals surface area (Å²) in [5.41, 5.74) is 1.98. The van der Waals surface area contributed by atoms with Crippen molar-refractivity contribution >= 4 is 11.8 Å². The Balaban J connectivity index is 1.57. The number of amides is 2. The number of rotatable bonds is 3. The molecule has 1 aliphatic heterocycles. The zero-order valence-corrected chi connectivity index (χ0v) is 15.1. The molecule has 138 valence electrons. The van der Waals surface area contributed by atoms with Crippen LogP contribution in [-0.2, 0) is 23.1 Å². The first-order chi connectivity index (χ1) is 12.5. The van der Waals surface area contributed by atoms with Gasteiger partial charge in [-0.05, 0) is 25.3 Å². The molecule has 2 aromatic heterocycles. The summed E-state index contributed by atoms with van der Waals surface area (Å²) in [6.45, 7) is 0. The molecule has 1 N–H and O–H groups in total. The van der Waals surface area contributed by atoms with E-state index in [1.807, 2.05) is 19.3 Å². The molecule has 1 saturated heterocycles. The third-order valence-electron chi connectivity index (χ3n) is 5.63. The maximum absolute atomic E-state index is 13.1. The maximum atomic E-state index is 13.1. The Bertz CT molecular complexity index is 824. The summed E-state index contributed by atoms with van der Waals surface area (Å²) in [4.78, 5) is 27.0. The van der Waals surface area contributed by atoms with Crippen LogP contribution in [0.1, 0.15) is 54.7 Å². The number of furan rings is 1. The summed E-state index contributed by atoms with van der Waals surface area (Å²) in [6, 6.07) is 1.66. The predicted octanol–water partition coefficient (Wildman–Crippen LogP) is 2.12. The molecular formula is C19H24N4O3. The number of carbonyl (C=O) groups is 2. The average molecular weight is 356 g/mol. The molecule has 0 bridgehead atoms. The highest BCUT2D eigenvalue weighted by Gasteiger charge is 2.40. The molecule has 3 heterocycles. The van der Waals surface area contributed by atoms with Crippen molar-refractivity contribution in [3.8, 4) is 0 Å². The van der Waals surface area contributed by atoms with Gasteiger partial charge >= 0.3 is 0 Å². The van der Waals surface area contributed by atoms with Gasteiger partial charge in [-0.2, -0.15) is 5.10 Å². The van der Waals surface area contributed by atoms with Gasteiger partial charge in [0.1, 0.15) is 5.76 Å². The molecule has 0 spiro atoms. The number of piperidine rings is 1. The average Bonchev–Trinajstić information content (AvgIpc) is 3.26. The number of likely N-dealkylation sites (tertiary alicyclic amines) is 1. The number of hydrogen-bond donors (Lipinski definition) is 1. The molecule has 1 fully saturated rings. The van der Waals surface area contributed by atoms with E-state index in [0.29, 0.717) is 12.8 Å². The molecule has 26 heavy (non-hydrogen) atoms. The predicted molar refractivity (Wildman–Crippen MR) is 94.0 cm³/mol. The lowest BCUT2D eigenvalue weighted by Crippen LogP contribution is -2.47. The van der Waals surface area contributed by atoms with Crippen LogP contribution in [0.25, 0.3) is 0 Å². The topological polar surface area (TPSA) is 80.4 Å². The number of aromatic nitrogens is 2. The molecule has 7 nitrogen and oxygen atoms in total. The van der Waals surface area contributed by atoms with E-state index in [-0.39, 0.29) is 29.8 Å². The van der Waals surface area contributed by atoms with E-state index in [1.54, 1.807) is 29.1 Å². The van der Waals surface area contributed by atoms with E-state index in [9.17, 15) is 9.59 Å². The first kappa shape index (κ1) is 16.9. The lowest BCUT2D eigenvalue weighted by atomic mass is 9.84. The minimum Gasteiger partial charge on any atom is -0.469 e. The summed E-state index contributed by atoms with van der Waals surface area (Å²) in [7, 11) is 3.61. The quantitative estimate of drug-likeness (QED) is 0.913. The number of carbonyl (C=O) groups excluding carboxylic acids is 2. The van der Waals surface area contributed by atoms with Crippen LogP contribution in [-0.4, -0.2) is 33.5 Å². The van der Waals surface area contributed by atoms with Crippen LogP contribution in [0.4, 0.5) is 0 Å². The summed E-state index contributed by atoms with van der Waals surface area (Å²) in [5, 5.41) is 7.43. The summed E-state index contributed by atoms with van der Waals surface area (Å²) >= 11 is 0. The van der Waals surface area contributed by atoms with E-state index >= 15 is 0 Å². The van der Waals surface area contributed by atoms with E-state index in [0.717, 1.165) is 36.1 Å². The highest BCUT2D eigenvalue weighted by Crippen LogP contribution is 2.37. The molecule has 2 aliphatic rings. The molecule has 3 atom stereocenters. The minimum atomic E-state index is -0.280. The summed E-state index contributed by atoms with van der Waals surface area (Å²) in [6.07, 6.45) is 9.11. The van der Waals surface area contributed by atoms with Gasteiger partial charge in [-0.3, -0.25) is 14.3 Å². The molecule has 1 aliphatic carbocycles. The summed E-state index contributed by atoms with van der Waals surface area (Å²) < 4.78 is 7.23. The molecule has 7 heteroatoms. The fraction of sp³-hybridized carbons (Fsp3) is 0.526. The SMILES string of the molecule is CN1C(=O)CC[C@H](C(=O)N[C@@H]2CCCc3occc32)[C@@H]1c1cnn(C)c1. The second kappa shape index (κ2) is 6.63. The van der Waals surface area contributed by atoms with Gasteiger partial charge in [0.05, 0.1) is 30.5 Å². The monoisotopic (exact) mass is 356 g/mol. The van der Waals surface area contributed by atoms with Crippen molar-refractivity contribution in [2.45, 2.75) is 44.2 Å². The molecule has 0 saturated carbocycles. The first-order valence-electron chi connectivity index (χ1n) is 9.15. The molecular weight excluding hydrogens is 332 g/mol. The number of nitrogens with zero attached hydrogens (tertiary/aromatic N) is 3. The number of hydrogen-bond acceptors (Lipinski definition) is 4. The van der Waals surface area contributed by atoms with Crippen molar-refractivity contribution < 1.29 is 14.0 Å². The molecule has 0 aromatic carbocycles. The number of fused-ring (bicyclic) bond motifs is 1. The van der Waals surface area contributed by atoms with Gasteiger partial charge in [0, 0.05) is 44.3 Å². The third-order valence-corrected chi connectivity index (χ3v) is 5.63. The smallest absolute Gasteiger partial charge is 0.226 e. The molecule has 0 unspecified atom stereocenters. The van der Waals surface area contributed by atoms with Gasteiger partial charge in [0.25, 0.3) is 0 Å². The highest BCUT2D eigenvalue weighted by molar-refractivity contribution is 5.85. The number of aryl methyl sites for hydroxylation is 2. The van der Waals surface area contributed by atoms with Gasteiger partial charge in [0.2, 0.25) is 11.8 Å². The van der Waals surface area contributed by atoms with E-state index in [1.165, 1.54) is 0 Å². The highest BCUT2D eigenvalue weighted by atomic mass is 16.3. The van der Waals surface area contributed by atoms with Crippen LogP contribution in [0.2, 0.25) is 0 Å². The Labute approximate surface area is 152 Å². The van der Waals surface area contributed by atoms with Gasteiger partial charge in [-0.1, -0.05) is 0 Å². The van der Waals surface area contributed by atoms with E-state index in [2.05, 4.69) is 10.4 Å². The van der Waals surface area contributed by atoms with Crippen molar-refractivity contribution in [2.75, 3.05) is 7.05 Å². The van der Waals surface area contributed by atoms with Gasteiger partial charge in [-0.25, -0.2) is 0 Å². The molecule has 0 radical (unpaired) electrons. The molecule has 4 rings (SSSR count). The van der Waals surface area contributed by atoms with Crippen LogP contribution in [0.15, 0.2) is 29.1 Å². The lowest BCUT2D eigenvalue weighted by Gasteiger charge is -2.38. The minimum absolute atomic E-state index is 0.00254. The van der Waals surface area contributed by atoms with E-state index in [4.69, 9.17) is 4.42 Å². The fourth-order valence-corrected chi connectivity index (χ4v) is 4.28. The maximum Gasteiger partial charge on any atom is 0.226 e. The Kier molecular flexibility index (Phi) is 4.30. The fourth-order valence-electron chi connectivity index (χ4n) is 4.28. The van der Waals surface area contributed by atoms with Crippen LogP contribution in [0.3, 0.4) is 0 Å². The van der Waals surface area contributed by atoms with Crippen molar-refractivity contribution in [2.24, 2.45) is 13.0 Å². The van der Waals surface area contributed by atoms with Crippen LogP contribution >= 0.6 is 0 Å². The Morgan fingerprint density at radius 3 is 2.92 bits per heavy atom. The molecule has 2 aromatic rings. The van der Waals surface area contributed by atoms with Crippen molar-refractivity contribution in [3.63, 3.8) is 0 Å². The van der Waals surface area contributed by atoms with Crippen molar-refractivity contribution in [3.05, 3.63) is 41.6 Å². The van der Waals surface area contributed by atoms with Gasteiger partial charge in [-0.15, -0.1) is 0 Å². The first-order valence-corrected chi connectivity index (χ1v) is 9.15. The summed E-state index contributed by atoms with van der Waals surface area (Å²) in [5.74, 6) is 0.760. The zero-order valence-electron chi connectivity index (χ0n) is 15.1. The molecule has 2 amide bonds. The standard InChI is InChI=1S/C19H24N4O3/c1-22-11-12(10-20-22)18-14(6-7-17(24)23(18)2)19(25)21-15-4-3-5-16-13(15)8-9-26-16/h8-11,14-15,18H,3-7H2,1-2H3,(H,21,25)/t14-,15+,18-/m0/s1. The largest absolute Gasteiger partial charge is 0.469 e. The second-order valence-electron chi connectivity index (χ2n) is 7.29. The van der Waals surface area contributed by atoms with Gasteiger partial charge < -0.3 is 14.6 Å². The van der Waals surface area contributed by atoms with E-state index < -0.39 is 0 Å². The Hall–Kier alpha value is -2.57.